The Kier molecular flexibility index (Phi) is 7.73. The molecule has 9 nitrogen and oxygen atoms in total. The molecule has 3 aromatic rings. The van der Waals surface area contributed by atoms with Gasteiger partial charge >= 0.3 is 0 Å². The van der Waals surface area contributed by atoms with Gasteiger partial charge in [-0.3, -0.25) is 14.4 Å². The molecule has 0 radical (unpaired) electrons. The van der Waals surface area contributed by atoms with E-state index in [1.54, 1.807) is 33.9 Å². The molecule has 0 spiro atoms. The summed E-state index contributed by atoms with van der Waals surface area (Å²) in [5, 5.41) is 2.96. The zero-order valence-corrected chi connectivity index (χ0v) is 20.9. The molecular weight excluding hydrogens is 465 g/mol. The van der Waals surface area contributed by atoms with Crippen molar-refractivity contribution in [2.45, 2.75) is 19.9 Å². The monoisotopic (exact) mass is 497 g/mol. The summed E-state index contributed by atoms with van der Waals surface area (Å²) < 4.78 is 22.3. The van der Waals surface area contributed by atoms with E-state index >= 15 is 4.39 Å². The highest BCUT2D eigenvalue weighted by molar-refractivity contribution is 5.98. The first-order chi connectivity index (χ1) is 17.3. The number of pyridine rings is 1. The van der Waals surface area contributed by atoms with Crippen molar-refractivity contribution in [3.63, 3.8) is 0 Å². The standard InChI is InChI=1S/C26H32FN5O4/c1-4-30-17-19(25(34)28-8-6-9-29(2)3)24(33)18-15-20(27)22(16-21(18)30)31-10-12-32(13-11-31)26(35)23-7-5-14-36-23/h5,7,14-17H,4,6,8-13H2,1-3H3,(H,28,34). The lowest BCUT2D eigenvalue weighted by Gasteiger charge is -2.36. The number of benzene rings is 1. The number of hydrogen-bond acceptors (Lipinski definition) is 6. The van der Waals surface area contributed by atoms with Crippen LogP contribution in [0, 0.1) is 5.82 Å². The van der Waals surface area contributed by atoms with Crippen molar-refractivity contribution < 1.29 is 18.4 Å². The molecule has 10 heteroatoms. The van der Waals surface area contributed by atoms with Crippen LogP contribution in [0.4, 0.5) is 10.1 Å². The minimum Gasteiger partial charge on any atom is -0.459 e. The van der Waals surface area contributed by atoms with Crippen molar-refractivity contribution in [3.05, 3.63) is 64.1 Å². The summed E-state index contributed by atoms with van der Waals surface area (Å²) in [6, 6.07) is 6.18. The zero-order valence-electron chi connectivity index (χ0n) is 20.9. The largest absolute Gasteiger partial charge is 0.459 e. The van der Waals surface area contributed by atoms with E-state index in [1.165, 1.54) is 12.3 Å². The van der Waals surface area contributed by atoms with Crippen molar-refractivity contribution in [1.82, 2.24) is 19.7 Å². The Balaban J connectivity index is 1.55. The van der Waals surface area contributed by atoms with Crippen LogP contribution in [-0.2, 0) is 6.54 Å². The molecule has 0 saturated carbocycles. The lowest BCUT2D eigenvalue weighted by molar-refractivity contribution is 0.0714. The van der Waals surface area contributed by atoms with Gasteiger partial charge in [0.25, 0.3) is 11.8 Å². The number of rotatable bonds is 8. The maximum absolute atomic E-state index is 15.3. The van der Waals surface area contributed by atoms with Gasteiger partial charge in [0.1, 0.15) is 11.4 Å². The number of anilines is 1. The minimum absolute atomic E-state index is 0.00593. The summed E-state index contributed by atoms with van der Waals surface area (Å²) >= 11 is 0. The Hall–Kier alpha value is -3.66. The summed E-state index contributed by atoms with van der Waals surface area (Å²) in [5.41, 5.74) is 0.456. The third-order valence-electron chi connectivity index (χ3n) is 6.44. The molecule has 2 amide bonds. The Morgan fingerprint density at radius 3 is 2.56 bits per heavy atom. The average Bonchev–Trinajstić information content (AvgIpc) is 3.41. The zero-order chi connectivity index (χ0) is 25.8. The normalized spacial score (nSPS) is 14.0. The topological polar surface area (TPSA) is 91.0 Å². The molecule has 4 rings (SSSR count). The van der Waals surface area contributed by atoms with Gasteiger partial charge in [-0.1, -0.05) is 0 Å². The fourth-order valence-corrected chi connectivity index (χ4v) is 4.46. The number of nitrogens with one attached hydrogen (secondary N) is 1. The second-order valence-electron chi connectivity index (χ2n) is 9.15. The van der Waals surface area contributed by atoms with Crippen molar-refractivity contribution in [1.29, 1.82) is 0 Å². The molecule has 36 heavy (non-hydrogen) atoms. The van der Waals surface area contributed by atoms with Gasteiger partial charge in [-0.25, -0.2) is 4.39 Å². The van der Waals surface area contributed by atoms with E-state index < -0.39 is 17.2 Å². The number of aryl methyl sites for hydroxylation is 1. The molecule has 1 N–H and O–H groups in total. The maximum Gasteiger partial charge on any atom is 0.289 e. The number of halogens is 1. The van der Waals surface area contributed by atoms with E-state index in [0.717, 1.165) is 13.0 Å². The number of aromatic nitrogens is 1. The molecule has 1 aliphatic heterocycles. The maximum atomic E-state index is 15.3. The highest BCUT2D eigenvalue weighted by atomic mass is 19.1. The number of furan rings is 1. The molecule has 1 saturated heterocycles. The molecular formula is C26H32FN5O4. The van der Waals surface area contributed by atoms with E-state index in [-0.39, 0.29) is 22.6 Å². The molecule has 1 aliphatic rings. The first kappa shape index (κ1) is 25.4. The van der Waals surface area contributed by atoms with Crippen LogP contribution in [0.15, 0.2) is 45.9 Å². The van der Waals surface area contributed by atoms with Crippen LogP contribution in [-0.4, -0.2) is 79.5 Å². The smallest absolute Gasteiger partial charge is 0.289 e. The number of carbonyl (C=O) groups is 2. The molecule has 2 aromatic heterocycles. The number of nitrogens with zero attached hydrogens (tertiary/aromatic N) is 4. The Bertz CT molecular complexity index is 1290. The first-order valence-corrected chi connectivity index (χ1v) is 12.2. The molecule has 0 aliphatic carbocycles. The summed E-state index contributed by atoms with van der Waals surface area (Å²) in [4.78, 5) is 43.9. The molecule has 0 unspecified atom stereocenters. The van der Waals surface area contributed by atoms with Gasteiger partial charge < -0.3 is 29.0 Å². The average molecular weight is 498 g/mol. The molecule has 192 valence electrons. The van der Waals surface area contributed by atoms with E-state index in [1.807, 2.05) is 30.8 Å². The van der Waals surface area contributed by atoms with Crippen molar-refractivity contribution in [2.75, 3.05) is 58.3 Å². The second kappa shape index (κ2) is 10.9. The molecule has 0 atom stereocenters. The van der Waals surface area contributed by atoms with Gasteiger partial charge in [0.05, 0.1) is 17.5 Å². The lowest BCUT2D eigenvalue weighted by atomic mass is 10.1. The summed E-state index contributed by atoms with van der Waals surface area (Å²) in [5.74, 6) is -0.892. The molecule has 3 heterocycles. The molecule has 1 aromatic carbocycles. The predicted molar refractivity (Wildman–Crippen MR) is 136 cm³/mol. The van der Waals surface area contributed by atoms with Crippen LogP contribution in [0.25, 0.3) is 10.9 Å². The van der Waals surface area contributed by atoms with Crippen LogP contribution < -0.4 is 15.6 Å². The quantitative estimate of drug-likeness (QED) is 0.481. The van der Waals surface area contributed by atoms with Crippen LogP contribution in [0.2, 0.25) is 0 Å². The molecule has 1 fully saturated rings. The lowest BCUT2D eigenvalue weighted by Crippen LogP contribution is -2.49. The van der Waals surface area contributed by atoms with Gasteiger partial charge in [-0.05, 0) is 58.3 Å². The van der Waals surface area contributed by atoms with E-state index in [0.29, 0.717) is 50.5 Å². The van der Waals surface area contributed by atoms with Crippen molar-refractivity contribution in [3.8, 4) is 0 Å². The van der Waals surface area contributed by atoms with E-state index in [2.05, 4.69) is 5.32 Å². The number of piperazine rings is 1. The summed E-state index contributed by atoms with van der Waals surface area (Å²) in [7, 11) is 3.91. The first-order valence-electron chi connectivity index (χ1n) is 12.2. The summed E-state index contributed by atoms with van der Waals surface area (Å²) in [6.45, 7) is 5.41. The Morgan fingerprint density at radius 1 is 1.17 bits per heavy atom. The predicted octanol–water partition coefficient (Wildman–Crippen LogP) is 2.40. The molecule has 0 bridgehead atoms. The SMILES string of the molecule is CCn1cc(C(=O)NCCCN(C)C)c(=O)c2cc(F)c(N3CCN(C(=O)c4ccco4)CC3)cc21. The van der Waals surface area contributed by atoms with Crippen LogP contribution in [0.3, 0.4) is 0 Å². The summed E-state index contributed by atoms with van der Waals surface area (Å²) in [6.07, 6.45) is 3.77. The van der Waals surface area contributed by atoms with Crippen LogP contribution >= 0.6 is 0 Å². The van der Waals surface area contributed by atoms with E-state index in [4.69, 9.17) is 4.42 Å². The number of carbonyl (C=O) groups excluding carboxylic acids is 2. The third-order valence-corrected chi connectivity index (χ3v) is 6.44. The number of amides is 2. The highest BCUT2D eigenvalue weighted by Gasteiger charge is 2.26. The fourth-order valence-electron chi connectivity index (χ4n) is 4.46. The van der Waals surface area contributed by atoms with Gasteiger partial charge in [-0.2, -0.15) is 0 Å². The van der Waals surface area contributed by atoms with Gasteiger partial charge in [-0.15, -0.1) is 0 Å². The van der Waals surface area contributed by atoms with Crippen LogP contribution in [0.5, 0.6) is 0 Å². The second-order valence-corrected chi connectivity index (χ2v) is 9.15. The number of hydrogen-bond donors (Lipinski definition) is 1. The van der Waals surface area contributed by atoms with Gasteiger partial charge in [0.15, 0.2) is 5.76 Å². The van der Waals surface area contributed by atoms with E-state index in [9.17, 15) is 14.4 Å². The number of fused-ring (bicyclic) bond motifs is 1. The third kappa shape index (κ3) is 5.28. The van der Waals surface area contributed by atoms with Crippen molar-refractivity contribution >= 4 is 28.4 Å². The minimum atomic E-state index is -0.531. The van der Waals surface area contributed by atoms with Gasteiger partial charge in [0.2, 0.25) is 5.43 Å². The fraction of sp³-hybridized carbons (Fsp3) is 0.423. The highest BCUT2D eigenvalue weighted by Crippen LogP contribution is 2.26. The Morgan fingerprint density at radius 2 is 1.92 bits per heavy atom. The van der Waals surface area contributed by atoms with Crippen molar-refractivity contribution in [2.24, 2.45) is 0 Å². The van der Waals surface area contributed by atoms with Gasteiger partial charge in [0, 0.05) is 50.9 Å². The Labute approximate surface area is 209 Å². The van der Waals surface area contributed by atoms with Crippen LogP contribution in [0.1, 0.15) is 34.3 Å².